The molecule has 0 aliphatic carbocycles. The first kappa shape index (κ1) is 21.9. The Morgan fingerprint density at radius 2 is 1.56 bits per heavy atom. The number of benzene rings is 2. The molecule has 0 fully saturated rings. The van der Waals surface area contributed by atoms with E-state index >= 15 is 0 Å². The number of rotatable bonds is 6. The van der Waals surface area contributed by atoms with Gasteiger partial charge in [0.25, 0.3) is 11.8 Å². The van der Waals surface area contributed by atoms with Gasteiger partial charge in [-0.3, -0.25) is 24.3 Å². The Morgan fingerprint density at radius 1 is 0.969 bits per heavy atom. The van der Waals surface area contributed by atoms with E-state index in [1.54, 1.807) is 36.5 Å². The SMILES string of the molecule is CC(C)(NC(=O)[C@H](Cc1ccc(Br)cc1)N1C(=O)c2ccccc2C1=O)c1ccccn1. The first-order chi connectivity index (χ1) is 15.3. The van der Waals surface area contributed by atoms with Crippen molar-refractivity contribution in [3.63, 3.8) is 0 Å². The lowest BCUT2D eigenvalue weighted by atomic mass is 9.97. The molecule has 1 aromatic heterocycles. The van der Waals surface area contributed by atoms with Crippen LogP contribution in [-0.4, -0.2) is 33.6 Å². The fourth-order valence-corrected chi connectivity index (χ4v) is 4.09. The molecule has 0 saturated carbocycles. The fourth-order valence-electron chi connectivity index (χ4n) is 3.82. The van der Waals surface area contributed by atoms with Crippen LogP contribution in [0.25, 0.3) is 0 Å². The zero-order valence-corrected chi connectivity index (χ0v) is 19.3. The molecular weight excluding hydrogens is 470 g/mol. The van der Waals surface area contributed by atoms with Crippen LogP contribution in [0.3, 0.4) is 0 Å². The first-order valence-corrected chi connectivity index (χ1v) is 11.0. The van der Waals surface area contributed by atoms with Crippen LogP contribution in [-0.2, 0) is 16.8 Å². The summed E-state index contributed by atoms with van der Waals surface area (Å²) in [5, 5.41) is 2.99. The minimum absolute atomic E-state index is 0.197. The lowest BCUT2D eigenvalue weighted by Crippen LogP contribution is -2.54. The topological polar surface area (TPSA) is 79.4 Å². The van der Waals surface area contributed by atoms with Gasteiger partial charge < -0.3 is 5.32 Å². The van der Waals surface area contributed by atoms with Gasteiger partial charge in [0.1, 0.15) is 6.04 Å². The summed E-state index contributed by atoms with van der Waals surface area (Å²) >= 11 is 3.41. The summed E-state index contributed by atoms with van der Waals surface area (Å²) in [6.07, 6.45) is 1.86. The molecule has 0 spiro atoms. The van der Waals surface area contributed by atoms with E-state index in [0.717, 1.165) is 14.9 Å². The standard InChI is InChI=1S/C25H22BrN3O3/c1-25(2,21-9-5-6-14-27-21)28-22(30)20(15-16-10-12-17(26)13-11-16)29-23(31)18-7-3-4-8-19(18)24(29)32/h3-14,20H,15H2,1-2H3,(H,28,30)/t20-/m0/s1. The van der Waals surface area contributed by atoms with Crippen LogP contribution in [0.5, 0.6) is 0 Å². The molecule has 32 heavy (non-hydrogen) atoms. The smallest absolute Gasteiger partial charge is 0.262 e. The highest BCUT2D eigenvalue weighted by Crippen LogP contribution is 2.27. The third-order valence-electron chi connectivity index (χ3n) is 5.52. The largest absolute Gasteiger partial charge is 0.344 e. The van der Waals surface area contributed by atoms with Crippen molar-refractivity contribution in [2.24, 2.45) is 0 Å². The Kier molecular flexibility index (Phi) is 5.93. The normalized spacial score (nSPS) is 14.3. The predicted octanol–water partition coefficient (Wildman–Crippen LogP) is 4.10. The van der Waals surface area contributed by atoms with Crippen molar-refractivity contribution in [2.45, 2.75) is 31.8 Å². The molecule has 1 atom stereocenters. The van der Waals surface area contributed by atoms with Gasteiger partial charge in [-0.2, -0.15) is 0 Å². The number of fused-ring (bicyclic) bond motifs is 1. The molecule has 1 N–H and O–H groups in total. The Labute approximate surface area is 194 Å². The van der Waals surface area contributed by atoms with Crippen molar-refractivity contribution in [3.05, 3.63) is 99.8 Å². The Bertz CT molecular complexity index is 1140. The van der Waals surface area contributed by atoms with Crippen molar-refractivity contribution >= 4 is 33.7 Å². The third-order valence-corrected chi connectivity index (χ3v) is 6.05. The summed E-state index contributed by atoms with van der Waals surface area (Å²) in [4.78, 5) is 45.2. The molecule has 2 heterocycles. The molecule has 1 aliphatic rings. The van der Waals surface area contributed by atoms with Crippen LogP contribution < -0.4 is 5.32 Å². The Morgan fingerprint density at radius 3 is 2.12 bits per heavy atom. The lowest BCUT2D eigenvalue weighted by Gasteiger charge is -2.31. The van der Waals surface area contributed by atoms with Crippen molar-refractivity contribution in [1.82, 2.24) is 15.2 Å². The van der Waals surface area contributed by atoms with Crippen LogP contribution in [0.15, 0.2) is 77.4 Å². The molecule has 3 aromatic rings. The number of aromatic nitrogens is 1. The third kappa shape index (κ3) is 4.21. The van der Waals surface area contributed by atoms with E-state index in [-0.39, 0.29) is 6.42 Å². The number of amides is 3. The van der Waals surface area contributed by atoms with E-state index in [4.69, 9.17) is 0 Å². The van der Waals surface area contributed by atoms with Gasteiger partial charge in [-0.1, -0.05) is 46.3 Å². The number of imide groups is 1. The molecule has 2 aromatic carbocycles. The van der Waals surface area contributed by atoms with Gasteiger partial charge in [-0.25, -0.2) is 0 Å². The molecule has 162 valence electrons. The summed E-state index contributed by atoms with van der Waals surface area (Å²) in [7, 11) is 0. The number of carbonyl (C=O) groups excluding carboxylic acids is 3. The minimum Gasteiger partial charge on any atom is -0.344 e. The summed E-state index contributed by atoms with van der Waals surface area (Å²) < 4.78 is 0.902. The van der Waals surface area contributed by atoms with E-state index < -0.39 is 29.3 Å². The second kappa shape index (κ2) is 8.67. The zero-order valence-electron chi connectivity index (χ0n) is 17.7. The lowest BCUT2D eigenvalue weighted by molar-refractivity contribution is -0.126. The molecule has 7 heteroatoms. The van der Waals surface area contributed by atoms with Crippen molar-refractivity contribution < 1.29 is 14.4 Å². The van der Waals surface area contributed by atoms with Gasteiger partial charge in [0.05, 0.1) is 22.4 Å². The highest BCUT2D eigenvalue weighted by atomic mass is 79.9. The zero-order chi connectivity index (χ0) is 22.9. The minimum atomic E-state index is -1.01. The molecule has 4 rings (SSSR count). The Balaban J connectivity index is 1.68. The highest BCUT2D eigenvalue weighted by Gasteiger charge is 2.43. The van der Waals surface area contributed by atoms with E-state index in [9.17, 15) is 14.4 Å². The molecule has 3 amide bonds. The van der Waals surface area contributed by atoms with E-state index in [1.165, 1.54) is 0 Å². The average molecular weight is 492 g/mol. The maximum Gasteiger partial charge on any atom is 0.262 e. The number of hydrogen-bond donors (Lipinski definition) is 1. The van der Waals surface area contributed by atoms with Crippen molar-refractivity contribution in [3.8, 4) is 0 Å². The summed E-state index contributed by atoms with van der Waals surface area (Å²) in [5.74, 6) is -1.34. The number of pyridine rings is 1. The van der Waals surface area contributed by atoms with Crippen molar-refractivity contribution in [1.29, 1.82) is 0 Å². The summed E-state index contributed by atoms with van der Waals surface area (Å²) in [6, 6.07) is 18.6. The van der Waals surface area contributed by atoms with Gasteiger partial charge in [0, 0.05) is 17.1 Å². The molecule has 0 bridgehead atoms. The molecule has 0 unspecified atom stereocenters. The summed E-state index contributed by atoms with van der Waals surface area (Å²) in [6.45, 7) is 3.68. The second-order valence-electron chi connectivity index (χ2n) is 8.20. The van der Waals surface area contributed by atoms with E-state index in [1.807, 2.05) is 50.2 Å². The number of nitrogens with zero attached hydrogens (tertiary/aromatic N) is 2. The van der Waals surface area contributed by atoms with Gasteiger partial charge in [-0.15, -0.1) is 0 Å². The van der Waals surface area contributed by atoms with Crippen LogP contribution >= 0.6 is 15.9 Å². The van der Waals surface area contributed by atoms with Crippen molar-refractivity contribution in [2.75, 3.05) is 0 Å². The molecule has 6 nitrogen and oxygen atoms in total. The quantitative estimate of drug-likeness (QED) is 0.526. The number of halogens is 1. The van der Waals surface area contributed by atoms with Crippen LogP contribution in [0.2, 0.25) is 0 Å². The number of hydrogen-bond acceptors (Lipinski definition) is 4. The predicted molar refractivity (Wildman–Crippen MR) is 124 cm³/mol. The van der Waals surface area contributed by atoms with E-state index in [2.05, 4.69) is 26.2 Å². The van der Waals surface area contributed by atoms with Gasteiger partial charge >= 0.3 is 0 Å². The van der Waals surface area contributed by atoms with Crippen LogP contribution in [0, 0.1) is 0 Å². The molecule has 0 radical (unpaired) electrons. The van der Waals surface area contributed by atoms with Crippen LogP contribution in [0.4, 0.5) is 0 Å². The Hall–Kier alpha value is -3.32. The van der Waals surface area contributed by atoms with Gasteiger partial charge in [0.2, 0.25) is 5.91 Å². The van der Waals surface area contributed by atoms with Crippen LogP contribution in [0.1, 0.15) is 45.8 Å². The molecule has 1 aliphatic heterocycles. The van der Waals surface area contributed by atoms with Gasteiger partial charge in [0.15, 0.2) is 0 Å². The number of carbonyl (C=O) groups is 3. The fraction of sp³-hybridized carbons (Fsp3) is 0.200. The summed E-state index contributed by atoms with van der Waals surface area (Å²) in [5.41, 5.74) is 1.35. The second-order valence-corrected chi connectivity index (χ2v) is 9.12. The average Bonchev–Trinajstić information content (AvgIpc) is 3.04. The maximum absolute atomic E-state index is 13.5. The van der Waals surface area contributed by atoms with E-state index in [0.29, 0.717) is 16.8 Å². The highest BCUT2D eigenvalue weighted by molar-refractivity contribution is 9.10. The first-order valence-electron chi connectivity index (χ1n) is 10.2. The molecular formula is C25H22BrN3O3. The molecule has 0 saturated heterocycles. The maximum atomic E-state index is 13.5. The number of nitrogens with one attached hydrogen (secondary N) is 1. The van der Waals surface area contributed by atoms with Gasteiger partial charge in [-0.05, 0) is 55.8 Å². The monoisotopic (exact) mass is 491 g/mol.